The molecule has 8 nitrogen and oxygen atoms in total. The molecule has 2 N–H and O–H groups in total. The Morgan fingerprint density at radius 3 is 2.85 bits per heavy atom. The van der Waals surface area contributed by atoms with E-state index in [1.54, 1.807) is 0 Å². The zero-order valence-electron chi connectivity index (χ0n) is 20.2. The lowest BCUT2D eigenvalue weighted by molar-refractivity contribution is 0.306. The summed E-state index contributed by atoms with van der Waals surface area (Å²) in [4.78, 5) is 14.0. The normalized spacial score (nSPS) is 20.4. The van der Waals surface area contributed by atoms with Gasteiger partial charge in [-0.25, -0.2) is 9.98 Å². The fourth-order valence-corrected chi connectivity index (χ4v) is 5.10. The summed E-state index contributed by atoms with van der Waals surface area (Å²) in [6, 6.07) is 7.15. The fourth-order valence-electron chi connectivity index (χ4n) is 5.10. The zero-order chi connectivity index (χ0) is 23.5. The van der Waals surface area contributed by atoms with Crippen molar-refractivity contribution in [3.8, 4) is 17.1 Å². The summed E-state index contributed by atoms with van der Waals surface area (Å²) in [5, 5.41) is 10.7. The van der Waals surface area contributed by atoms with Crippen LogP contribution < -0.4 is 15.0 Å². The van der Waals surface area contributed by atoms with Gasteiger partial charge >= 0.3 is 0 Å². The van der Waals surface area contributed by atoms with Gasteiger partial charge in [0.2, 0.25) is 0 Å². The quantitative estimate of drug-likeness (QED) is 0.504. The first-order chi connectivity index (χ1) is 16.6. The molecule has 2 fully saturated rings. The number of hydrogen-bond donors (Lipinski definition) is 2. The third-order valence-electron chi connectivity index (χ3n) is 6.72. The van der Waals surface area contributed by atoms with Crippen molar-refractivity contribution in [2.24, 2.45) is 4.99 Å². The van der Waals surface area contributed by atoms with E-state index in [9.17, 15) is 0 Å². The smallest absolute Gasteiger partial charge is 0.155 e. The van der Waals surface area contributed by atoms with Crippen LogP contribution in [-0.2, 0) is 6.54 Å². The first kappa shape index (κ1) is 22.5. The maximum atomic E-state index is 7.42. The Balaban J connectivity index is 1.41. The molecule has 1 atom stereocenters. The lowest BCUT2D eigenvalue weighted by Crippen LogP contribution is -2.31. The molecule has 0 amide bonds. The topological polar surface area (TPSA) is 81.8 Å². The number of benzene rings is 1. The molecular weight excluding hydrogens is 426 g/mol. The van der Waals surface area contributed by atoms with Crippen molar-refractivity contribution in [1.82, 2.24) is 19.8 Å². The number of aromatic nitrogens is 2. The number of fused-ring (bicyclic) bond motifs is 3. The third kappa shape index (κ3) is 4.67. The van der Waals surface area contributed by atoms with Crippen molar-refractivity contribution in [2.45, 2.75) is 58.2 Å². The first-order valence-corrected chi connectivity index (χ1v) is 12.5. The number of ether oxygens (including phenoxy) is 1. The van der Waals surface area contributed by atoms with Gasteiger partial charge in [0, 0.05) is 49.7 Å². The molecule has 5 rings (SSSR count). The average molecular weight is 462 g/mol. The second-order valence-corrected chi connectivity index (χ2v) is 9.57. The molecule has 3 aliphatic rings. The molecule has 1 aromatic heterocycles. The highest BCUT2D eigenvalue weighted by Crippen LogP contribution is 2.37. The van der Waals surface area contributed by atoms with Gasteiger partial charge in [-0.05, 0) is 63.9 Å². The molecule has 180 valence electrons. The van der Waals surface area contributed by atoms with E-state index in [4.69, 9.17) is 15.1 Å². The van der Waals surface area contributed by atoms with Crippen LogP contribution in [0.3, 0.4) is 0 Å². The lowest BCUT2D eigenvalue weighted by Gasteiger charge is -2.26. The number of likely N-dealkylation sites (tertiary alicyclic amines) is 1. The Morgan fingerprint density at radius 1 is 1.21 bits per heavy atom. The highest BCUT2D eigenvalue weighted by Gasteiger charge is 2.26. The van der Waals surface area contributed by atoms with Gasteiger partial charge in [0.05, 0.1) is 12.1 Å². The molecule has 2 aromatic rings. The van der Waals surface area contributed by atoms with Crippen LogP contribution in [0.15, 0.2) is 41.7 Å². The summed E-state index contributed by atoms with van der Waals surface area (Å²) in [6.45, 7) is 8.85. The molecule has 2 saturated heterocycles. The highest BCUT2D eigenvalue weighted by molar-refractivity contribution is 6.01. The number of anilines is 1. The third-order valence-corrected chi connectivity index (χ3v) is 6.72. The van der Waals surface area contributed by atoms with Crippen LogP contribution in [0.25, 0.3) is 11.4 Å². The molecule has 4 heterocycles. The van der Waals surface area contributed by atoms with Crippen molar-refractivity contribution in [1.29, 1.82) is 5.41 Å². The summed E-state index contributed by atoms with van der Waals surface area (Å²) in [5.41, 5.74) is 2.95. The molecule has 3 aliphatic heterocycles. The molecule has 0 spiro atoms. The minimum atomic E-state index is 0.200. The van der Waals surface area contributed by atoms with Crippen molar-refractivity contribution in [2.75, 3.05) is 31.1 Å². The standard InChI is InChI=1S/C26H35N7O/c1-19(2)29-25(28-18-27)23-17-32-14-15-34-24-16-21(7-8-22(24)26(32)30-23)33-12-5-6-20(33)9-13-31-10-3-4-11-31/h7-9,13,16-20H,3-6,10-12,14-15H2,1-2H3,(H2,27,28,29)/b13-9+. The minimum absolute atomic E-state index is 0.200. The van der Waals surface area contributed by atoms with E-state index >= 15 is 0 Å². The fraction of sp³-hybridized carbons (Fsp3) is 0.500. The maximum Gasteiger partial charge on any atom is 0.155 e. The second-order valence-electron chi connectivity index (χ2n) is 9.57. The van der Waals surface area contributed by atoms with Gasteiger partial charge in [-0.15, -0.1) is 0 Å². The predicted molar refractivity (Wildman–Crippen MR) is 137 cm³/mol. The summed E-state index contributed by atoms with van der Waals surface area (Å²) in [5.74, 6) is 2.38. The lowest BCUT2D eigenvalue weighted by atomic mass is 10.1. The molecule has 8 heteroatoms. The molecule has 0 bridgehead atoms. The van der Waals surface area contributed by atoms with Gasteiger partial charge in [-0.2, -0.15) is 0 Å². The molecule has 34 heavy (non-hydrogen) atoms. The van der Waals surface area contributed by atoms with E-state index < -0.39 is 0 Å². The van der Waals surface area contributed by atoms with E-state index in [0.29, 0.717) is 18.5 Å². The van der Waals surface area contributed by atoms with Crippen molar-refractivity contribution in [3.05, 3.63) is 42.4 Å². The first-order valence-electron chi connectivity index (χ1n) is 12.5. The molecule has 1 aromatic carbocycles. The van der Waals surface area contributed by atoms with Gasteiger partial charge in [-0.1, -0.05) is 0 Å². The van der Waals surface area contributed by atoms with Gasteiger partial charge in [0.1, 0.15) is 30.2 Å². The minimum Gasteiger partial charge on any atom is -0.491 e. The van der Waals surface area contributed by atoms with Crippen LogP contribution in [0.2, 0.25) is 0 Å². The summed E-state index contributed by atoms with van der Waals surface area (Å²) in [6.07, 6.45) is 12.8. The van der Waals surface area contributed by atoms with E-state index in [-0.39, 0.29) is 6.04 Å². The Kier molecular flexibility index (Phi) is 6.56. The van der Waals surface area contributed by atoms with Crippen molar-refractivity contribution < 1.29 is 4.74 Å². The van der Waals surface area contributed by atoms with Crippen LogP contribution in [0, 0.1) is 5.41 Å². The Labute approximate surface area is 201 Å². The van der Waals surface area contributed by atoms with Crippen LogP contribution in [0.1, 0.15) is 45.2 Å². The SMILES string of the molecule is CC(C)N/C(=N\C=N)c1cn2c(n1)-c1ccc(N3CCCC3/C=C/N3CCCC3)cc1OCC2. The number of nitrogens with one attached hydrogen (secondary N) is 2. The van der Waals surface area contributed by atoms with E-state index in [0.717, 1.165) is 42.3 Å². The van der Waals surface area contributed by atoms with Crippen LogP contribution in [-0.4, -0.2) is 64.9 Å². The predicted octanol–water partition coefficient (Wildman–Crippen LogP) is 3.87. The van der Waals surface area contributed by atoms with E-state index in [2.05, 4.69) is 69.0 Å². The van der Waals surface area contributed by atoms with E-state index in [1.165, 1.54) is 44.5 Å². The zero-order valence-corrected chi connectivity index (χ0v) is 20.2. The Bertz CT molecular complexity index is 1080. The van der Waals surface area contributed by atoms with Crippen LogP contribution >= 0.6 is 0 Å². The number of amidine groups is 1. The van der Waals surface area contributed by atoms with Gasteiger partial charge in [0.25, 0.3) is 0 Å². The number of aliphatic imine (C=N–C) groups is 1. The monoisotopic (exact) mass is 461 g/mol. The number of rotatable bonds is 6. The average Bonchev–Trinajstić information content (AvgIpc) is 3.57. The van der Waals surface area contributed by atoms with Gasteiger partial charge in [0.15, 0.2) is 5.84 Å². The second kappa shape index (κ2) is 9.91. The highest BCUT2D eigenvalue weighted by atomic mass is 16.5. The number of imidazole rings is 1. The van der Waals surface area contributed by atoms with Crippen LogP contribution in [0.5, 0.6) is 5.75 Å². The summed E-state index contributed by atoms with van der Waals surface area (Å²) >= 11 is 0. The molecule has 0 saturated carbocycles. The summed E-state index contributed by atoms with van der Waals surface area (Å²) in [7, 11) is 0. The van der Waals surface area contributed by atoms with Crippen molar-refractivity contribution in [3.63, 3.8) is 0 Å². The molecular formula is C26H35N7O. The Hall–Kier alpha value is -3.29. The van der Waals surface area contributed by atoms with Gasteiger partial charge in [-0.3, -0.25) is 5.41 Å². The Morgan fingerprint density at radius 2 is 2.06 bits per heavy atom. The van der Waals surface area contributed by atoms with Crippen molar-refractivity contribution >= 4 is 17.9 Å². The number of nitrogens with zero attached hydrogens (tertiary/aromatic N) is 5. The maximum absolute atomic E-state index is 7.42. The number of hydrogen-bond acceptors (Lipinski definition) is 5. The van der Waals surface area contributed by atoms with Crippen LogP contribution in [0.4, 0.5) is 5.69 Å². The summed E-state index contributed by atoms with van der Waals surface area (Å²) < 4.78 is 8.31. The molecule has 1 unspecified atom stereocenters. The largest absolute Gasteiger partial charge is 0.491 e. The molecule has 0 radical (unpaired) electrons. The van der Waals surface area contributed by atoms with E-state index in [1.807, 2.05) is 6.20 Å². The van der Waals surface area contributed by atoms with Gasteiger partial charge < -0.3 is 24.4 Å². The molecule has 0 aliphatic carbocycles.